The highest BCUT2D eigenvalue weighted by Gasteiger charge is 2.26. The second kappa shape index (κ2) is 8.71. The van der Waals surface area contributed by atoms with Crippen molar-refractivity contribution in [3.8, 4) is 5.75 Å². The number of ether oxygens (including phenoxy) is 1. The number of aliphatic hydroxyl groups is 1. The molecule has 2 N–H and O–H groups in total. The maximum atomic E-state index is 12.4. The van der Waals surface area contributed by atoms with Gasteiger partial charge in [-0.3, -0.25) is 4.79 Å². The molecule has 1 aromatic carbocycles. The minimum Gasteiger partial charge on any atom is -0.493 e. The summed E-state index contributed by atoms with van der Waals surface area (Å²) in [5, 5.41) is 12.2. The average Bonchev–Trinajstić information content (AvgIpc) is 2.59. The smallest absolute Gasteiger partial charge is 0.321 e. The number of hydrogen-bond acceptors (Lipinski definition) is 4. The summed E-state index contributed by atoms with van der Waals surface area (Å²) in [5.74, 6) is 0.854. The van der Waals surface area contributed by atoms with E-state index >= 15 is 0 Å². The molecule has 1 aromatic rings. The monoisotopic (exact) mass is 349 g/mol. The molecule has 0 bridgehead atoms. The maximum Gasteiger partial charge on any atom is 0.321 e. The number of hydrogen-bond donors (Lipinski definition) is 2. The third kappa shape index (κ3) is 5.63. The van der Waals surface area contributed by atoms with Gasteiger partial charge in [-0.25, -0.2) is 4.79 Å². The van der Waals surface area contributed by atoms with Gasteiger partial charge >= 0.3 is 6.03 Å². The predicted molar refractivity (Wildman–Crippen MR) is 95.6 cm³/mol. The normalized spacial score (nSPS) is 15.9. The first-order chi connectivity index (χ1) is 11.9. The second-order valence-electron chi connectivity index (χ2n) is 6.65. The zero-order valence-corrected chi connectivity index (χ0v) is 15.1. The molecule has 1 saturated heterocycles. The van der Waals surface area contributed by atoms with E-state index in [2.05, 4.69) is 19.2 Å². The molecule has 1 fully saturated rings. The van der Waals surface area contributed by atoms with Crippen LogP contribution in [0.15, 0.2) is 24.3 Å². The number of amides is 3. The van der Waals surface area contributed by atoms with Crippen molar-refractivity contribution in [3.05, 3.63) is 24.3 Å². The van der Waals surface area contributed by atoms with Gasteiger partial charge in [0.15, 0.2) is 0 Å². The fraction of sp³-hybridized carbons (Fsp3) is 0.556. The van der Waals surface area contributed by atoms with Crippen molar-refractivity contribution in [1.29, 1.82) is 0 Å². The summed E-state index contributed by atoms with van der Waals surface area (Å²) in [5.41, 5.74) is 0.675. The number of carbonyl (C=O) groups is 2. The number of aliphatic hydroxyl groups excluding tert-OH is 1. The Bertz CT molecular complexity index is 596. The van der Waals surface area contributed by atoms with Gasteiger partial charge in [-0.1, -0.05) is 19.9 Å². The Labute approximate surface area is 148 Å². The number of nitrogens with zero attached hydrogens (tertiary/aromatic N) is 2. The maximum absolute atomic E-state index is 12.4. The number of piperazine rings is 1. The Hall–Kier alpha value is -2.28. The van der Waals surface area contributed by atoms with Gasteiger partial charge in [0.25, 0.3) is 5.91 Å². The lowest BCUT2D eigenvalue weighted by atomic mass is 10.2. The fourth-order valence-corrected chi connectivity index (χ4v) is 2.52. The summed E-state index contributed by atoms with van der Waals surface area (Å²) in [4.78, 5) is 27.4. The first-order valence-electron chi connectivity index (χ1n) is 8.62. The van der Waals surface area contributed by atoms with E-state index in [1.807, 2.05) is 18.2 Å². The number of urea groups is 1. The average molecular weight is 349 g/mol. The molecule has 1 aliphatic rings. The van der Waals surface area contributed by atoms with Crippen molar-refractivity contribution in [2.24, 2.45) is 5.92 Å². The van der Waals surface area contributed by atoms with Crippen LogP contribution >= 0.6 is 0 Å². The largest absolute Gasteiger partial charge is 0.493 e. The van der Waals surface area contributed by atoms with Gasteiger partial charge < -0.3 is 25.0 Å². The number of carbonyl (C=O) groups excluding carboxylic acids is 2. The Balaban J connectivity index is 1.86. The first-order valence-corrected chi connectivity index (χ1v) is 8.62. The Morgan fingerprint density at radius 3 is 2.40 bits per heavy atom. The van der Waals surface area contributed by atoms with Crippen molar-refractivity contribution >= 4 is 17.6 Å². The molecule has 0 spiro atoms. The molecule has 1 atom stereocenters. The minimum atomic E-state index is -1.01. The van der Waals surface area contributed by atoms with Crippen molar-refractivity contribution in [2.45, 2.75) is 26.9 Å². The molecule has 0 aliphatic carbocycles. The highest BCUT2D eigenvalue weighted by Crippen LogP contribution is 2.18. The van der Waals surface area contributed by atoms with Gasteiger partial charge in [0, 0.05) is 37.9 Å². The van der Waals surface area contributed by atoms with Crippen molar-refractivity contribution in [3.63, 3.8) is 0 Å². The van der Waals surface area contributed by atoms with Crippen LogP contribution in [-0.4, -0.2) is 65.7 Å². The van der Waals surface area contributed by atoms with E-state index in [4.69, 9.17) is 4.74 Å². The summed E-state index contributed by atoms with van der Waals surface area (Å²) in [6.45, 7) is 7.96. The van der Waals surface area contributed by atoms with Crippen LogP contribution in [0.5, 0.6) is 5.75 Å². The molecule has 25 heavy (non-hydrogen) atoms. The van der Waals surface area contributed by atoms with Gasteiger partial charge in [0.2, 0.25) is 0 Å². The molecule has 0 aromatic heterocycles. The van der Waals surface area contributed by atoms with Crippen molar-refractivity contribution in [1.82, 2.24) is 9.80 Å². The highest BCUT2D eigenvalue weighted by molar-refractivity contribution is 5.89. The van der Waals surface area contributed by atoms with Crippen molar-refractivity contribution < 1.29 is 19.4 Å². The molecule has 0 saturated carbocycles. The van der Waals surface area contributed by atoms with Crippen LogP contribution in [0.1, 0.15) is 20.8 Å². The molecule has 1 heterocycles. The quantitative estimate of drug-likeness (QED) is 0.849. The van der Waals surface area contributed by atoms with E-state index in [1.165, 1.54) is 6.92 Å². The van der Waals surface area contributed by atoms with Gasteiger partial charge in [-0.15, -0.1) is 0 Å². The molecule has 0 unspecified atom stereocenters. The van der Waals surface area contributed by atoms with Crippen LogP contribution in [0, 0.1) is 5.92 Å². The standard InChI is InChI=1S/C18H27N3O4/c1-13(2)12-25-16-6-4-5-15(11-16)19-18(24)21-9-7-20(8-10-21)17(23)14(3)22/h4-6,11,13-14,22H,7-10,12H2,1-3H3,(H,19,24)/t14-/m1/s1. The van der Waals surface area contributed by atoms with Gasteiger partial charge in [0.05, 0.1) is 6.61 Å². The van der Waals surface area contributed by atoms with Gasteiger partial charge in [-0.2, -0.15) is 0 Å². The Morgan fingerprint density at radius 1 is 1.16 bits per heavy atom. The number of anilines is 1. The van der Waals surface area contributed by atoms with E-state index in [0.29, 0.717) is 44.4 Å². The fourth-order valence-electron chi connectivity index (χ4n) is 2.52. The van der Waals surface area contributed by atoms with E-state index in [1.54, 1.807) is 15.9 Å². The SMILES string of the molecule is CC(C)COc1cccc(NC(=O)N2CCN(C(=O)[C@@H](C)O)CC2)c1. The van der Waals surface area contributed by atoms with Gasteiger partial charge in [0.1, 0.15) is 11.9 Å². The molecule has 138 valence electrons. The van der Waals surface area contributed by atoms with E-state index in [0.717, 1.165) is 5.75 Å². The van der Waals surface area contributed by atoms with E-state index in [-0.39, 0.29) is 11.9 Å². The highest BCUT2D eigenvalue weighted by atomic mass is 16.5. The van der Waals surface area contributed by atoms with Crippen LogP contribution in [-0.2, 0) is 4.79 Å². The number of benzene rings is 1. The Kier molecular flexibility index (Phi) is 6.64. The summed E-state index contributed by atoms with van der Waals surface area (Å²) < 4.78 is 5.67. The molecule has 7 heteroatoms. The predicted octanol–water partition coefficient (Wildman–Crippen LogP) is 1.78. The number of rotatable bonds is 5. The topological polar surface area (TPSA) is 82.1 Å². The van der Waals surface area contributed by atoms with Crippen LogP contribution in [0.3, 0.4) is 0 Å². The molecule has 2 rings (SSSR count). The zero-order chi connectivity index (χ0) is 18.4. The lowest BCUT2D eigenvalue weighted by Crippen LogP contribution is -2.53. The van der Waals surface area contributed by atoms with Crippen LogP contribution in [0.2, 0.25) is 0 Å². The molecular weight excluding hydrogens is 322 g/mol. The third-order valence-corrected chi connectivity index (χ3v) is 3.90. The summed E-state index contributed by atoms with van der Waals surface area (Å²) in [6.07, 6.45) is -1.01. The van der Waals surface area contributed by atoms with Crippen molar-refractivity contribution in [2.75, 3.05) is 38.1 Å². The lowest BCUT2D eigenvalue weighted by Gasteiger charge is -2.35. The summed E-state index contributed by atoms with van der Waals surface area (Å²) in [6, 6.07) is 7.11. The molecule has 7 nitrogen and oxygen atoms in total. The lowest BCUT2D eigenvalue weighted by molar-refractivity contribution is -0.140. The summed E-state index contributed by atoms with van der Waals surface area (Å²) >= 11 is 0. The first kappa shape index (κ1) is 19.1. The van der Waals surface area contributed by atoms with Crippen LogP contribution < -0.4 is 10.1 Å². The molecule has 1 aliphatic heterocycles. The zero-order valence-electron chi connectivity index (χ0n) is 15.1. The van der Waals surface area contributed by atoms with E-state index in [9.17, 15) is 14.7 Å². The van der Waals surface area contributed by atoms with Crippen LogP contribution in [0.25, 0.3) is 0 Å². The Morgan fingerprint density at radius 2 is 1.80 bits per heavy atom. The van der Waals surface area contributed by atoms with Crippen LogP contribution in [0.4, 0.5) is 10.5 Å². The molecule has 3 amide bonds. The third-order valence-electron chi connectivity index (χ3n) is 3.90. The molecular formula is C18H27N3O4. The van der Waals surface area contributed by atoms with Gasteiger partial charge in [-0.05, 0) is 25.0 Å². The number of nitrogens with one attached hydrogen (secondary N) is 1. The van der Waals surface area contributed by atoms with E-state index < -0.39 is 6.10 Å². The minimum absolute atomic E-state index is 0.204. The summed E-state index contributed by atoms with van der Waals surface area (Å²) in [7, 11) is 0. The molecule has 0 radical (unpaired) electrons. The second-order valence-corrected chi connectivity index (χ2v) is 6.65.